The summed E-state index contributed by atoms with van der Waals surface area (Å²) < 4.78 is 5.23. The smallest absolute Gasteiger partial charge is 0.218 e. The maximum Gasteiger partial charge on any atom is 0.218 e. The Morgan fingerprint density at radius 3 is 3.40 bits per heavy atom. The fourth-order valence-corrected chi connectivity index (χ4v) is 1.19. The fraction of sp³-hybridized carbons (Fsp3) is 0.429. The predicted octanol–water partition coefficient (Wildman–Crippen LogP) is 1.14. The topological polar surface area (TPSA) is 28.4 Å². The molecule has 0 atom stereocenters. The zero-order chi connectivity index (χ0) is 6.97. The summed E-state index contributed by atoms with van der Waals surface area (Å²) in [5.74, 6) is 0.950. The van der Waals surface area contributed by atoms with E-state index in [1.807, 2.05) is 13.1 Å². The molecule has 10 heavy (non-hydrogen) atoms. The molecule has 0 unspecified atom stereocenters. The first-order valence-electron chi connectivity index (χ1n) is 3.40. The molecule has 0 aliphatic carbocycles. The SMILES string of the molecule is CN1CCNc2ccoc21. The molecule has 2 rings (SSSR count). The van der Waals surface area contributed by atoms with E-state index >= 15 is 0 Å². The maximum atomic E-state index is 5.23. The number of fused-ring (bicyclic) bond motifs is 1. The first-order valence-corrected chi connectivity index (χ1v) is 3.40. The molecule has 0 radical (unpaired) electrons. The predicted molar refractivity (Wildman–Crippen MR) is 40.5 cm³/mol. The minimum atomic E-state index is 0.950. The van der Waals surface area contributed by atoms with Crippen LogP contribution in [0.5, 0.6) is 0 Å². The van der Waals surface area contributed by atoms with Gasteiger partial charge in [-0.1, -0.05) is 0 Å². The van der Waals surface area contributed by atoms with E-state index in [1.54, 1.807) is 6.26 Å². The standard InChI is InChI=1S/C7H10N2O/c1-9-4-3-8-6-2-5-10-7(6)9/h2,5,8H,3-4H2,1H3. The molecule has 0 aromatic carbocycles. The third kappa shape index (κ3) is 0.667. The monoisotopic (exact) mass is 138 g/mol. The molecule has 1 aromatic heterocycles. The molecule has 1 N–H and O–H groups in total. The van der Waals surface area contributed by atoms with Crippen LogP contribution in [-0.2, 0) is 0 Å². The van der Waals surface area contributed by atoms with Crippen molar-refractivity contribution in [2.75, 3.05) is 30.4 Å². The molecular formula is C7H10N2O. The van der Waals surface area contributed by atoms with Gasteiger partial charge in [0, 0.05) is 26.2 Å². The first-order chi connectivity index (χ1) is 4.88. The van der Waals surface area contributed by atoms with Crippen LogP contribution in [0, 0.1) is 0 Å². The van der Waals surface area contributed by atoms with Gasteiger partial charge in [0.2, 0.25) is 5.88 Å². The lowest BCUT2D eigenvalue weighted by molar-refractivity contribution is 0.553. The number of nitrogens with zero attached hydrogens (tertiary/aromatic N) is 1. The highest BCUT2D eigenvalue weighted by Gasteiger charge is 2.14. The number of hydrogen-bond donors (Lipinski definition) is 1. The summed E-state index contributed by atoms with van der Waals surface area (Å²) in [5, 5.41) is 3.24. The van der Waals surface area contributed by atoms with Gasteiger partial charge in [0.1, 0.15) is 0 Å². The average molecular weight is 138 g/mol. The third-order valence-corrected chi connectivity index (χ3v) is 1.75. The van der Waals surface area contributed by atoms with Crippen molar-refractivity contribution in [3.05, 3.63) is 12.3 Å². The van der Waals surface area contributed by atoms with E-state index < -0.39 is 0 Å². The van der Waals surface area contributed by atoms with E-state index in [0.29, 0.717) is 0 Å². The van der Waals surface area contributed by atoms with Crippen molar-refractivity contribution in [1.29, 1.82) is 0 Å². The molecule has 54 valence electrons. The van der Waals surface area contributed by atoms with Gasteiger partial charge in [0.05, 0.1) is 12.0 Å². The van der Waals surface area contributed by atoms with Gasteiger partial charge in [-0.25, -0.2) is 0 Å². The Morgan fingerprint density at radius 1 is 1.70 bits per heavy atom. The van der Waals surface area contributed by atoms with Crippen LogP contribution in [0.2, 0.25) is 0 Å². The highest BCUT2D eigenvalue weighted by molar-refractivity contribution is 5.65. The molecule has 0 saturated carbocycles. The Hall–Kier alpha value is -1.12. The molecule has 0 spiro atoms. The van der Waals surface area contributed by atoms with Crippen molar-refractivity contribution >= 4 is 11.6 Å². The number of hydrogen-bond acceptors (Lipinski definition) is 3. The van der Waals surface area contributed by atoms with E-state index in [-0.39, 0.29) is 0 Å². The normalized spacial score (nSPS) is 16.3. The maximum absolute atomic E-state index is 5.23. The number of rotatable bonds is 0. The van der Waals surface area contributed by atoms with Crippen LogP contribution in [0.1, 0.15) is 0 Å². The molecule has 1 aliphatic heterocycles. The summed E-state index contributed by atoms with van der Waals surface area (Å²) in [5.41, 5.74) is 1.11. The van der Waals surface area contributed by atoms with Crippen molar-refractivity contribution in [2.45, 2.75) is 0 Å². The van der Waals surface area contributed by atoms with E-state index in [2.05, 4.69) is 10.2 Å². The summed E-state index contributed by atoms with van der Waals surface area (Å²) in [6, 6.07) is 1.95. The Bertz CT molecular complexity index is 231. The van der Waals surface area contributed by atoms with E-state index in [0.717, 1.165) is 24.7 Å². The van der Waals surface area contributed by atoms with Crippen molar-refractivity contribution in [3.63, 3.8) is 0 Å². The lowest BCUT2D eigenvalue weighted by Gasteiger charge is -2.23. The molecule has 0 fully saturated rings. The van der Waals surface area contributed by atoms with Gasteiger partial charge >= 0.3 is 0 Å². The molecule has 0 amide bonds. The van der Waals surface area contributed by atoms with Gasteiger partial charge in [0.25, 0.3) is 0 Å². The Labute approximate surface area is 59.6 Å². The van der Waals surface area contributed by atoms with Crippen LogP contribution >= 0.6 is 0 Å². The summed E-state index contributed by atoms with van der Waals surface area (Å²) in [7, 11) is 2.03. The number of furan rings is 1. The highest BCUT2D eigenvalue weighted by Crippen LogP contribution is 2.28. The van der Waals surface area contributed by atoms with Crippen LogP contribution in [0.15, 0.2) is 16.7 Å². The molecule has 0 saturated heterocycles. The van der Waals surface area contributed by atoms with Crippen molar-refractivity contribution < 1.29 is 4.42 Å². The Morgan fingerprint density at radius 2 is 2.60 bits per heavy atom. The zero-order valence-electron chi connectivity index (χ0n) is 5.92. The van der Waals surface area contributed by atoms with Crippen LogP contribution in [0.25, 0.3) is 0 Å². The van der Waals surface area contributed by atoms with Crippen molar-refractivity contribution in [1.82, 2.24) is 0 Å². The van der Waals surface area contributed by atoms with Crippen LogP contribution in [0.3, 0.4) is 0 Å². The minimum Gasteiger partial charge on any atom is -0.447 e. The lowest BCUT2D eigenvalue weighted by atomic mass is 10.3. The summed E-state index contributed by atoms with van der Waals surface area (Å²) in [6.45, 7) is 2.02. The molecule has 2 heterocycles. The highest BCUT2D eigenvalue weighted by atomic mass is 16.3. The van der Waals surface area contributed by atoms with Gasteiger partial charge in [0.15, 0.2) is 0 Å². The van der Waals surface area contributed by atoms with E-state index in [9.17, 15) is 0 Å². The summed E-state index contributed by atoms with van der Waals surface area (Å²) in [4.78, 5) is 2.10. The molecule has 0 bridgehead atoms. The van der Waals surface area contributed by atoms with Gasteiger partial charge in [-0.05, 0) is 0 Å². The van der Waals surface area contributed by atoms with E-state index in [4.69, 9.17) is 4.42 Å². The average Bonchev–Trinajstić information content (AvgIpc) is 2.36. The second-order valence-corrected chi connectivity index (χ2v) is 2.49. The summed E-state index contributed by atoms with van der Waals surface area (Å²) >= 11 is 0. The molecule has 3 heteroatoms. The van der Waals surface area contributed by atoms with Gasteiger partial charge in [-0.2, -0.15) is 0 Å². The van der Waals surface area contributed by atoms with Gasteiger partial charge in [-0.15, -0.1) is 0 Å². The number of anilines is 2. The van der Waals surface area contributed by atoms with Gasteiger partial charge < -0.3 is 14.6 Å². The van der Waals surface area contributed by atoms with Crippen LogP contribution in [0.4, 0.5) is 11.6 Å². The van der Waals surface area contributed by atoms with Crippen molar-refractivity contribution in [3.8, 4) is 0 Å². The van der Waals surface area contributed by atoms with Crippen molar-refractivity contribution in [2.24, 2.45) is 0 Å². The van der Waals surface area contributed by atoms with Crippen LogP contribution < -0.4 is 10.2 Å². The zero-order valence-corrected chi connectivity index (χ0v) is 5.92. The number of nitrogens with one attached hydrogen (secondary N) is 1. The van der Waals surface area contributed by atoms with Gasteiger partial charge in [-0.3, -0.25) is 0 Å². The third-order valence-electron chi connectivity index (χ3n) is 1.75. The Kier molecular flexibility index (Phi) is 1.09. The largest absolute Gasteiger partial charge is 0.447 e. The van der Waals surface area contributed by atoms with Crippen LogP contribution in [-0.4, -0.2) is 20.1 Å². The second-order valence-electron chi connectivity index (χ2n) is 2.49. The Balaban J connectivity index is 2.41. The molecule has 1 aliphatic rings. The van der Waals surface area contributed by atoms with E-state index in [1.165, 1.54) is 0 Å². The fourth-order valence-electron chi connectivity index (χ4n) is 1.19. The second kappa shape index (κ2) is 1.94. The molecular weight excluding hydrogens is 128 g/mol. The number of likely N-dealkylation sites (N-methyl/N-ethyl adjacent to an activating group) is 1. The quantitative estimate of drug-likeness (QED) is 0.582. The minimum absolute atomic E-state index is 0.950. The summed E-state index contributed by atoms with van der Waals surface area (Å²) in [6.07, 6.45) is 1.71. The lowest BCUT2D eigenvalue weighted by Crippen LogP contribution is -2.29. The first kappa shape index (κ1) is 5.65. The molecule has 3 nitrogen and oxygen atoms in total. The molecule has 1 aromatic rings.